The van der Waals surface area contributed by atoms with Crippen LogP contribution in [0.1, 0.15) is 11.1 Å². The molecule has 92 valence electrons. The minimum atomic E-state index is 0.503. The van der Waals surface area contributed by atoms with Crippen molar-refractivity contribution in [2.75, 3.05) is 12.3 Å². The molecule has 1 aromatic heterocycles. The molecule has 2 N–H and O–H groups in total. The Morgan fingerprint density at radius 3 is 3.06 bits per heavy atom. The lowest BCUT2D eigenvalue weighted by Gasteiger charge is -2.25. The molecular weight excluding hydrogens is 224 g/mol. The standard InChI is InChI=1S/C15H16N2O/c16-14-7-11(8-17-9-14)5-12-6-13-3-1-2-4-15(13)18-10-12/h1-4,7-9,12H,5-6,10,16H2/t12-/m1/s1. The average Bonchev–Trinajstić information content (AvgIpc) is 2.39. The number of para-hydroxylation sites is 1. The fourth-order valence-corrected chi connectivity index (χ4v) is 2.47. The third-order valence-corrected chi connectivity index (χ3v) is 3.30. The fraction of sp³-hybridized carbons (Fsp3) is 0.267. The fourth-order valence-electron chi connectivity index (χ4n) is 2.47. The zero-order chi connectivity index (χ0) is 12.4. The van der Waals surface area contributed by atoms with Crippen LogP contribution in [0.4, 0.5) is 5.69 Å². The van der Waals surface area contributed by atoms with Crippen LogP contribution in [0.25, 0.3) is 0 Å². The lowest BCUT2D eigenvalue weighted by atomic mass is 9.91. The third kappa shape index (κ3) is 2.30. The van der Waals surface area contributed by atoms with Gasteiger partial charge in [-0.15, -0.1) is 0 Å². The van der Waals surface area contributed by atoms with Gasteiger partial charge in [0, 0.05) is 18.3 Å². The molecule has 2 aromatic rings. The number of hydrogen-bond donors (Lipinski definition) is 1. The second-order valence-corrected chi connectivity index (χ2v) is 4.82. The summed E-state index contributed by atoms with van der Waals surface area (Å²) in [5, 5.41) is 0. The van der Waals surface area contributed by atoms with E-state index in [0.717, 1.165) is 30.9 Å². The lowest BCUT2D eigenvalue weighted by Crippen LogP contribution is -2.22. The molecule has 2 heterocycles. The van der Waals surface area contributed by atoms with E-state index in [9.17, 15) is 0 Å². The van der Waals surface area contributed by atoms with Gasteiger partial charge in [0.25, 0.3) is 0 Å². The maximum Gasteiger partial charge on any atom is 0.122 e. The SMILES string of the molecule is Nc1cncc(C[C@H]2COc3ccccc3C2)c1. The zero-order valence-electron chi connectivity index (χ0n) is 10.2. The van der Waals surface area contributed by atoms with E-state index in [1.807, 2.05) is 24.4 Å². The first-order valence-corrected chi connectivity index (χ1v) is 6.21. The molecule has 3 rings (SSSR count). The molecule has 1 atom stereocenters. The number of anilines is 1. The van der Waals surface area contributed by atoms with Gasteiger partial charge in [-0.2, -0.15) is 0 Å². The Morgan fingerprint density at radius 1 is 1.28 bits per heavy atom. The predicted octanol–water partition coefficient (Wildman–Crippen LogP) is 2.46. The average molecular weight is 240 g/mol. The summed E-state index contributed by atoms with van der Waals surface area (Å²) in [6, 6.07) is 10.2. The van der Waals surface area contributed by atoms with Crippen LogP contribution in [0.5, 0.6) is 5.75 Å². The number of nitrogens with zero attached hydrogens (tertiary/aromatic N) is 1. The van der Waals surface area contributed by atoms with Crippen molar-refractivity contribution in [1.29, 1.82) is 0 Å². The van der Waals surface area contributed by atoms with E-state index in [4.69, 9.17) is 10.5 Å². The van der Waals surface area contributed by atoms with E-state index in [1.54, 1.807) is 6.20 Å². The highest BCUT2D eigenvalue weighted by atomic mass is 16.5. The van der Waals surface area contributed by atoms with Crippen molar-refractivity contribution in [3.63, 3.8) is 0 Å². The van der Waals surface area contributed by atoms with Crippen molar-refractivity contribution in [2.45, 2.75) is 12.8 Å². The van der Waals surface area contributed by atoms with E-state index in [2.05, 4.69) is 17.1 Å². The highest BCUT2D eigenvalue weighted by Crippen LogP contribution is 2.28. The van der Waals surface area contributed by atoms with Crippen molar-refractivity contribution in [3.8, 4) is 5.75 Å². The van der Waals surface area contributed by atoms with E-state index in [1.165, 1.54) is 11.1 Å². The number of fused-ring (bicyclic) bond motifs is 1. The number of nitrogens with two attached hydrogens (primary N) is 1. The first kappa shape index (κ1) is 11.1. The van der Waals surface area contributed by atoms with E-state index >= 15 is 0 Å². The molecule has 1 aromatic carbocycles. The molecule has 1 aliphatic rings. The van der Waals surface area contributed by atoms with Gasteiger partial charge in [0.15, 0.2) is 0 Å². The minimum absolute atomic E-state index is 0.503. The second-order valence-electron chi connectivity index (χ2n) is 4.82. The monoisotopic (exact) mass is 240 g/mol. The van der Waals surface area contributed by atoms with Crippen molar-refractivity contribution in [1.82, 2.24) is 4.98 Å². The number of benzene rings is 1. The van der Waals surface area contributed by atoms with Crippen LogP contribution in [0, 0.1) is 5.92 Å². The number of ether oxygens (including phenoxy) is 1. The number of hydrogen-bond acceptors (Lipinski definition) is 3. The summed E-state index contributed by atoms with van der Waals surface area (Å²) in [5.41, 5.74) is 8.95. The molecule has 0 aliphatic carbocycles. The van der Waals surface area contributed by atoms with E-state index in [-0.39, 0.29) is 0 Å². The molecule has 0 radical (unpaired) electrons. The Kier molecular flexibility index (Phi) is 2.89. The van der Waals surface area contributed by atoms with Crippen LogP contribution in [-0.2, 0) is 12.8 Å². The number of nitrogen functional groups attached to an aromatic ring is 1. The van der Waals surface area contributed by atoms with Gasteiger partial charge >= 0.3 is 0 Å². The van der Waals surface area contributed by atoms with Gasteiger partial charge in [-0.25, -0.2) is 0 Å². The highest BCUT2D eigenvalue weighted by Gasteiger charge is 2.19. The van der Waals surface area contributed by atoms with Crippen molar-refractivity contribution >= 4 is 5.69 Å². The Balaban J connectivity index is 1.73. The molecule has 3 heteroatoms. The summed E-state index contributed by atoms with van der Waals surface area (Å²) in [5.74, 6) is 1.53. The normalized spacial score (nSPS) is 17.9. The molecule has 0 unspecified atom stereocenters. The van der Waals surface area contributed by atoms with E-state index in [0.29, 0.717) is 5.92 Å². The van der Waals surface area contributed by atoms with E-state index < -0.39 is 0 Å². The highest BCUT2D eigenvalue weighted by molar-refractivity contribution is 5.38. The number of aromatic nitrogens is 1. The zero-order valence-corrected chi connectivity index (χ0v) is 10.2. The van der Waals surface area contributed by atoms with Crippen LogP contribution in [0.15, 0.2) is 42.7 Å². The quantitative estimate of drug-likeness (QED) is 0.877. The summed E-state index contributed by atoms with van der Waals surface area (Å²) in [6.45, 7) is 0.770. The molecule has 18 heavy (non-hydrogen) atoms. The van der Waals surface area contributed by atoms with Crippen LogP contribution in [0.3, 0.4) is 0 Å². The van der Waals surface area contributed by atoms with Crippen LogP contribution in [0.2, 0.25) is 0 Å². The van der Waals surface area contributed by atoms with Crippen molar-refractivity contribution in [3.05, 3.63) is 53.9 Å². The molecule has 0 fully saturated rings. The molecule has 1 aliphatic heterocycles. The molecule has 0 spiro atoms. The maximum atomic E-state index is 5.79. The van der Waals surface area contributed by atoms with Gasteiger partial charge in [-0.05, 0) is 36.1 Å². The summed E-state index contributed by atoms with van der Waals surface area (Å²) in [7, 11) is 0. The molecule has 0 saturated heterocycles. The maximum absolute atomic E-state index is 5.79. The summed E-state index contributed by atoms with van der Waals surface area (Å²) in [4.78, 5) is 4.13. The number of rotatable bonds is 2. The molecule has 0 saturated carbocycles. The molecule has 3 nitrogen and oxygen atoms in total. The smallest absolute Gasteiger partial charge is 0.122 e. The summed E-state index contributed by atoms with van der Waals surface area (Å²) < 4.78 is 5.79. The Labute approximate surface area is 107 Å². The van der Waals surface area contributed by atoms with Crippen molar-refractivity contribution in [2.24, 2.45) is 5.92 Å². The third-order valence-electron chi connectivity index (χ3n) is 3.30. The van der Waals surface area contributed by atoms with Gasteiger partial charge in [-0.1, -0.05) is 18.2 Å². The first-order valence-electron chi connectivity index (χ1n) is 6.21. The van der Waals surface area contributed by atoms with Crippen LogP contribution >= 0.6 is 0 Å². The molecule has 0 bridgehead atoms. The number of pyridine rings is 1. The van der Waals surface area contributed by atoms with Crippen LogP contribution in [-0.4, -0.2) is 11.6 Å². The Bertz CT molecular complexity index is 554. The first-order chi connectivity index (χ1) is 8.81. The largest absolute Gasteiger partial charge is 0.493 e. The molecule has 0 amide bonds. The Morgan fingerprint density at radius 2 is 2.17 bits per heavy atom. The van der Waals surface area contributed by atoms with Gasteiger partial charge < -0.3 is 10.5 Å². The summed E-state index contributed by atoms with van der Waals surface area (Å²) >= 11 is 0. The summed E-state index contributed by atoms with van der Waals surface area (Å²) in [6.07, 6.45) is 5.59. The minimum Gasteiger partial charge on any atom is -0.493 e. The van der Waals surface area contributed by atoms with Gasteiger partial charge in [0.2, 0.25) is 0 Å². The topological polar surface area (TPSA) is 48.1 Å². The Hall–Kier alpha value is -2.03. The lowest BCUT2D eigenvalue weighted by molar-refractivity contribution is 0.221. The second kappa shape index (κ2) is 4.69. The van der Waals surface area contributed by atoms with Gasteiger partial charge in [0.05, 0.1) is 12.3 Å². The van der Waals surface area contributed by atoms with Gasteiger partial charge in [0.1, 0.15) is 5.75 Å². The predicted molar refractivity (Wildman–Crippen MR) is 71.5 cm³/mol. The van der Waals surface area contributed by atoms with Gasteiger partial charge in [-0.3, -0.25) is 4.98 Å². The molecular formula is C15H16N2O. The van der Waals surface area contributed by atoms with Crippen LogP contribution < -0.4 is 10.5 Å². The van der Waals surface area contributed by atoms with Crippen molar-refractivity contribution < 1.29 is 4.74 Å².